The predicted octanol–water partition coefficient (Wildman–Crippen LogP) is 2.00. The minimum atomic E-state index is -1.03. The Balaban J connectivity index is 4.33. The number of hydrogen-bond donors (Lipinski definition) is 2. The SMILES string of the molecule is CCCCCN(CCCCC)C(=O)C(N)CC(=O)O. The van der Waals surface area contributed by atoms with Gasteiger partial charge in [0.15, 0.2) is 0 Å². The number of nitrogens with zero attached hydrogens (tertiary/aromatic N) is 1. The van der Waals surface area contributed by atoms with Gasteiger partial charge in [-0.25, -0.2) is 0 Å². The van der Waals surface area contributed by atoms with E-state index in [1.165, 1.54) is 0 Å². The average Bonchev–Trinajstić information content (AvgIpc) is 2.35. The van der Waals surface area contributed by atoms with Crippen molar-refractivity contribution in [1.29, 1.82) is 0 Å². The zero-order valence-corrected chi connectivity index (χ0v) is 12.2. The summed E-state index contributed by atoms with van der Waals surface area (Å²) in [6, 6.07) is -0.916. The number of amides is 1. The van der Waals surface area contributed by atoms with Crippen LogP contribution >= 0.6 is 0 Å². The fourth-order valence-electron chi connectivity index (χ4n) is 1.95. The Morgan fingerprint density at radius 1 is 1.05 bits per heavy atom. The number of unbranched alkanes of at least 4 members (excludes halogenated alkanes) is 4. The highest BCUT2D eigenvalue weighted by Gasteiger charge is 2.22. The summed E-state index contributed by atoms with van der Waals surface area (Å²) in [5, 5.41) is 8.69. The highest BCUT2D eigenvalue weighted by Crippen LogP contribution is 2.06. The third kappa shape index (κ3) is 8.59. The van der Waals surface area contributed by atoms with Crippen LogP contribution in [0, 0.1) is 0 Å². The van der Waals surface area contributed by atoms with Gasteiger partial charge in [-0.3, -0.25) is 9.59 Å². The molecule has 5 heteroatoms. The normalized spacial score (nSPS) is 12.2. The van der Waals surface area contributed by atoms with Crippen molar-refractivity contribution in [2.24, 2.45) is 5.73 Å². The Bertz CT molecular complexity index is 259. The van der Waals surface area contributed by atoms with Crippen molar-refractivity contribution >= 4 is 11.9 Å². The number of rotatable bonds is 11. The van der Waals surface area contributed by atoms with Crippen LogP contribution in [0.15, 0.2) is 0 Å². The molecule has 0 aliphatic heterocycles. The molecule has 0 heterocycles. The molecule has 0 aromatic heterocycles. The highest BCUT2D eigenvalue weighted by atomic mass is 16.4. The molecule has 0 rings (SSSR count). The molecule has 0 fully saturated rings. The van der Waals surface area contributed by atoms with Gasteiger partial charge in [0.2, 0.25) is 5.91 Å². The molecule has 0 saturated heterocycles. The van der Waals surface area contributed by atoms with Crippen LogP contribution in [0.25, 0.3) is 0 Å². The van der Waals surface area contributed by atoms with Gasteiger partial charge >= 0.3 is 5.97 Å². The summed E-state index contributed by atoms with van der Waals surface area (Å²) in [5.74, 6) is -1.25. The first-order valence-electron chi connectivity index (χ1n) is 7.29. The van der Waals surface area contributed by atoms with Crippen molar-refractivity contribution in [2.75, 3.05) is 13.1 Å². The van der Waals surface area contributed by atoms with Crippen molar-refractivity contribution in [3.63, 3.8) is 0 Å². The molecule has 0 aliphatic carbocycles. The van der Waals surface area contributed by atoms with Crippen molar-refractivity contribution in [1.82, 2.24) is 4.90 Å². The lowest BCUT2D eigenvalue weighted by Gasteiger charge is -2.25. The van der Waals surface area contributed by atoms with Gasteiger partial charge < -0.3 is 15.7 Å². The lowest BCUT2D eigenvalue weighted by Crippen LogP contribution is -2.45. The average molecular weight is 272 g/mol. The van der Waals surface area contributed by atoms with Gasteiger partial charge in [-0.15, -0.1) is 0 Å². The summed E-state index contributed by atoms with van der Waals surface area (Å²) in [4.78, 5) is 24.4. The van der Waals surface area contributed by atoms with E-state index in [9.17, 15) is 9.59 Å². The lowest BCUT2D eigenvalue weighted by atomic mass is 10.1. The van der Waals surface area contributed by atoms with Crippen LogP contribution in [0.4, 0.5) is 0 Å². The first-order valence-corrected chi connectivity index (χ1v) is 7.29. The van der Waals surface area contributed by atoms with E-state index in [0.29, 0.717) is 13.1 Å². The molecular weight excluding hydrogens is 244 g/mol. The molecule has 1 amide bonds. The largest absolute Gasteiger partial charge is 0.481 e. The Hall–Kier alpha value is -1.10. The number of carboxylic acids is 1. The molecule has 0 aliphatic rings. The summed E-state index contributed by atoms with van der Waals surface area (Å²) in [6.07, 6.45) is 5.95. The molecule has 112 valence electrons. The van der Waals surface area contributed by atoms with Gasteiger partial charge in [-0.05, 0) is 12.8 Å². The van der Waals surface area contributed by atoms with E-state index in [-0.39, 0.29) is 12.3 Å². The van der Waals surface area contributed by atoms with Crippen LogP contribution in [-0.4, -0.2) is 41.0 Å². The quantitative estimate of drug-likeness (QED) is 0.563. The number of carbonyl (C=O) groups excluding carboxylic acids is 1. The zero-order valence-electron chi connectivity index (χ0n) is 12.2. The van der Waals surface area contributed by atoms with Crippen molar-refractivity contribution in [3.8, 4) is 0 Å². The minimum absolute atomic E-state index is 0.227. The first kappa shape index (κ1) is 17.9. The molecule has 0 bridgehead atoms. The van der Waals surface area contributed by atoms with Crippen molar-refractivity contribution in [2.45, 2.75) is 64.8 Å². The van der Waals surface area contributed by atoms with Crippen LogP contribution < -0.4 is 5.73 Å². The smallest absolute Gasteiger partial charge is 0.305 e. The Kier molecular flexibility index (Phi) is 10.2. The van der Waals surface area contributed by atoms with Crippen molar-refractivity contribution < 1.29 is 14.7 Å². The van der Waals surface area contributed by atoms with Gasteiger partial charge in [0.25, 0.3) is 0 Å². The molecule has 3 N–H and O–H groups in total. The summed E-state index contributed by atoms with van der Waals surface area (Å²) in [6.45, 7) is 5.59. The lowest BCUT2D eigenvalue weighted by molar-refractivity contribution is -0.142. The monoisotopic (exact) mass is 272 g/mol. The molecule has 0 spiro atoms. The van der Waals surface area contributed by atoms with Gasteiger partial charge in [0, 0.05) is 13.1 Å². The zero-order chi connectivity index (χ0) is 14.7. The number of carbonyl (C=O) groups is 2. The van der Waals surface area contributed by atoms with Crippen LogP contribution in [0.1, 0.15) is 58.8 Å². The van der Waals surface area contributed by atoms with Gasteiger partial charge in [-0.1, -0.05) is 39.5 Å². The number of nitrogens with two attached hydrogens (primary N) is 1. The second kappa shape index (κ2) is 10.8. The van der Waals surface area contributed by atoms with E-state index in [0.717, 1.165) is 38.5 Å². The summed E-state index contributed by atoms with van der Waals surface area (Å²) >= 11 is 0. The van der Waals surface area contributed by atoms with Crippen molar-refractivity contribution in [3.05, 3.63) is 0 Å². The third-order valence-electron chi connectivity index (χ3n) is 3.09. The number of aliphatic carboxylic acids is 1. The highest BCUT2D eigenvalue weighted by molar-refractivity contribution is 5.85. The van der Waals surface area contributed by atoms with Gasteiger partial charge in [0.05, 0.1) is 12.5 Å². The van der Waals surface area contributed by atoms with Crippen LogP contribution in [0.5, 0.6) is 0 Å². The predicted molar refractivity (Wildman–Crippen MR) is 75.9 cm³/mol. The molecule has 0 aromatic carbocycles. The maximum absolute atomic E-state index is 12.1. The number of hydrogen-bond acceptors (Lipinski definition) is 3. The van der Waals surface area contributed by atoms with Crippen LogP contribution in [-0.2, 0) is 9.59 Å². The number of carboxylic acid groups (broad SMARTS) is 1. The Morgan fingerprint density at radius 2 is 1.53 bits per heavy atom. The van der Waals surface area contributed by atoms with Crippen LogP contribution in [0.2, 0.25) is 0 Å². The van der Waals surface area contributed by atoms with Gasteiger partial charge in [0.1, 0.15) is 0 Å². The molecule has 1 unspecified atom stereocenters. The van der Waals surface area contributed by atoms with E-state index in [1.807, 2.05) is 0 Å². The fraction of sp³-hybridized carbons (Fsp3) is 0.857. The molecule has 5 nitrogen and oxygen atoms in total. The second-order valence-corrected chi connectivity index (χ2v) is 4.94. The summed E-state index contributed by atoms with van der Waals surface area (Å²) in [5.41, 5.74) is 5.66. The topological polar surface area (TPSA) is 83.6 Å². The van der Waals surface area contributed by atoms with Crippen LogP contribution in [0.3, 0.4) is 0 Å². The van der Waals surface area contributed by atoms with E-state index in [2.05, 4.69) is 13.8 Å². The summed E-state index contributed by atoms with van der Waals surface area (Å²) < 4.78 is 0. The van der Waals surface area contributed by atoms with E-state index in [4.69, 9.17) is 10.8 Å². The standard InChI is InChI=1S/C14H28N2O3/c1-3-5-7-9-16(10-8-6-4-2)14(19)12(15)11-13(17)18/h12H,3-11,15H2,1-2H3,(H,17,18). The van der Waals surface area contributed by atoms with E-state index in [1.54, 1.807) is 4.90 Å². The molecule has 19 heavy (non-hydrogen) atoms. The first-order chi connectivity index (χ1) is 9.02. The van der Waals surface area contributed by atoms with Gasteiger partial charge in [-0.2, -0.15) is 0 Å². The second-order valence-electron chi connectivity index (χ2n) is 4.94. The third-order valence-corrected chi connectivity index (χ3v) is 3.09. The molecule has 0 radical (unpaired) electrons. The maximum atomic E-state index is 12.1. The molecular formula is C14H28N2O3. The molecule has 0 saturated carbocycles. The minimum Gasteiger partial charge on any atom is -0.481 e. The van der Waals surface area contributed by atoms with E-state index < -0.39 is 12.0 Å². The fourth-order valence-corrected chi connectivity index (χ4v) is 1.95. The molecule has 0 aromatic rings. The summed E-state index contributed by atoms with van der Waals surface area (Å²) in [7, 11) is 0. The maximum Gasteiger partial charge on any atom is 0.305 e. The Morgan fingerprint density at radius 3 is 1.89 bits per heavy atom. The van der Waals surface area contributed by atoms with E-state index >= 15 is 0 Å². The molecule has 1 atom stereocenters. The Labute approximate surface area is 116 Å².